The van der Waals surface area contributed by atoms with E-state index in [1.54, 1.807) is 4.40 Å². The van der Waals surface area contributed by atoms with Crippen molar-refractivity contribution < 1.29 is 0 Å². The van der Waals surface area contributed by atoms with Crippen molar-refractivity contribution in [2.75, 3.05) is 0 Å². The van der Waals surface area contributed by atoms with Crippen LogP contribution in [0.3, 0.4) is 0 Å². The predicted molar refractivity (Wildman–Crippen MR) is 133 cm³/mol. The molecule has 6 aromatic rings. The van der Waals surface area contributed by atoms with Gasteiger partial charge in [0.2, 0.25) is 0 Å². The molecule has 0 fully saturated rings. The van der Waals surface area contributed by atoms with Crippen LogP contribution in [0.15, 0.2) is 77.6 Å². The van der Waals surface area contributed by atoms with Crippen LogP contribution >= 0.6 is 11.3 Å². The number of rotatable bonds is 3. The Morgan fingerprint density at radius 2 is 1.73 bits per heavy atom. The first-order valence-electron chi connectivity index (χ1n) is 10.6. The molecule has 0 aliphatic heterocycles. The van der Waals surface area contributed by atoms with E-state index in [1.807, 2.05) is 66.7 Å². The van der Waals surface area contributed by atoms with Crippen LogP contribution in [0.2, 0.25) is 0 Å². The van der Waals surface area contributed by atoms with Crippen molar-refractivity contribution >= 4 is 44.3 Å². The predicted octanol–water partition coefficient (Wildman–Crippen LogP) is 4.64. The average molecular weight is 447 g/mol. The highest BCUT2D eigenvalue weighted by molar-refractivity contribution is 7.15. The summed E-state index contributed by atoms with van der Waals surface area (Å²) in [4.78, 5) is 18.6. The fourth-order valence-electron chi connectivity index (χ4n) is 4.52. The second-order valence-corrected chi connectivity index (χ2v) is 9.01. The smallest absolute Gasteiger partial charge is 0.274 e. The van der Waals surface area contributed by atoms with Gasteiger partial charge >= 0.3 is 0 Å². The molecule has 0 N–H and O–H groups in total. The number of nitrogens with zero attached hydrogens (tertiary/aromatic N) is 4. The molecule has 3 aromatic heterocycles. The van der Waals surface area contributed by atoms with Gasteiger partial charge in [-0.05, 0) is 42.8 Å². The maximum atomic E-state index is 13.3. The van der Waals surface area contributed by atoms with Crippen LogP contribution in [0.25, 0.3) is 33.0 Å². The van der Waals surface area contributed by atoms with Gasteiger partial charge in [-0.1, -0.05) is 59.9 Å². The third-order valence-corrected chi connectivity index (χ3v) is 7.14. The number of nitriles is 1. The first-order valence-corrected chi connectivity index (χ1v) is 11.4. The molecule has 0 spiro atoms. The van der Waals surface area contributed by atoms with Gasteiger partial charge in [0.05, 0.1) is 27.2 Å². The molecule has 0 aliphatic carbocycles. The van der Waals surface area contributed by atoms with Crippen LogP contribution in [0.4, 0.5) is 0 Å². The largest absolute Gasteiger partial charge is 0.340 e. The lowest BCUT2D eigenvalue weighted by atomic mass is 10.1. The highest BCUT2D eigenvalue weighted by Crippen LogP contribution is 2.28. The van der Waals surface area contributed by atoms with Crippen LogP contribution < -0.4 is 10.1 Å². The molecule has 3 heterocycles. The SMILES string of the molecule is Cc1c(C=c2sc3nc4ccccc4n3c2=O)c2ccccc2n1Cc1ccccc1C#N. The first-order chi connectivity index (χ1) is 16.2. The van der Waals surface area contributed by atoms with Crippen LogP contribution in [-0.4, -0.2) is 14.0 Å². The lowest BCUT2D eigenvalue weighted by molar-refractivity contribution is 0.802. The van der Waals surface area contributed by atoms with Gasteiger partial charge in [0.1, 0.15) is 0 Å². The number of thiazole rings is 1. The fourth-order valence-corrected chi connectivity index (χ4v) is 5.49. The molecule has 0 amide bonds. The van der Waals surface area contributed by atoms with E-state index in [9.17, 15) is 10.1 Å². The van der Waals surface area contributed by atoms with Crippen molar-refractivity contribution in [1.82, 2.24) is 14.0 Å². The van der Waals surface area contributed by atoms with Gasteiger partial charge in [0.15, 0.2) is 4.96 Å². The van der Waals surface area contributed by atoms with Crippen LogP contribution in [-0.2, 0) is 6.54 Å². The minimum absolute atomic E-state index is 0.0465. The quantitative estimate of drug-likeness (QED) is 0.398. The normalized spacial score (nSPS) is 12.2. The maximum absolute atomic E-state index is 13.3. The highest BCUT2D eigenvalue weighted by atomic mass is 32.1. The molecule has 0 atom stereocenters. The summed E-state index contributed by atoms with van der Waals surface area (Å²) in [6.07, 6.45) is 1.99. The standard InChI is InChI=1S/C27H18N4OS/c1-17-21(14-25-26(32)31-24-13-7-5-11-22(24)29-27(31)33-25)20-10-4-6-12-23(20)30(17)16-19-9-3-2-8-18(19)15-28/h2-14H,16H2,1H3. The number of hydrogen-bond acceptors (Lipinski definition) is 4. The van der Waals surface area contributed by atoms with Crippen molar-refractivity contribution in [3.05, 3.63) is 110 Å². The third-order valence-electron chi connectivity index (χ3n) is 6.17. The minimum atomic E-state index is -0.0465. The van der Waals surface area contributed by atoms with Crippen molar-refractivity contribution in [2.45, 2.75) is 13.5 Å². The number of aromatic nitrogens is 3. The van der Waals surface area contributed by atoms with Crippen molar-refractivity contribution in [3.8, 4) is 6.07 Å². The molecule has 0 bridgehead atoms. The molecule has 0 saturated carbocycles. The minimum Gasteiger partial charge on any atom is -0.340 e. The lowest BCUT2D eigenvalue weighted by Crippen LogP contribution is -2.22. The number of benzene rings is 3. The molecule has 6 rings (SSSR count). The molecular formula is C27H18N4OS. The van der Waals surface area contributed by atoms with Gasteiger partial charge in [-0.15, -0.1) is 0 Å². The summed E-state index contributed by atoms with van der Waals surface area (Å²) in [5.41, 5.74) is 6.42. The van der Waals surface area contributed by atoms with E-state index >= 15 is 0 Å². The molecular weight excluding hydrogens is 428 g/mol. The summed E-state index contributed by atoms with van der Waals surface area (Å²) in [7, 11) is 0. The Kier molecular flexibility index (Phi) is 4.39. The van der Waals surface area contributed by atoms with Gasteiger partial charge < -0.3 is 4.57 Å². The number of imidazole rings is 1. The number of hydrogen-bond donors (Lipinski definition) is 0. The fraction of sp³-hybridized carbons (Fsp3) is 0.0741. The van der Waals surface area contributed by atoms with Gasteiger partial charge in [-0.2, -0.15) is 5.26 Å². The van der Waals surface area contributed by atoms with E-state index in [1.165, 1.54) is 11.3 Å². The monoisotopic (exact) mass is 446 g/mol. The van der Waals surface area contributed by atoms with Crippen molar-refractivity contribution in [3.63, 3.8) is 0 Å². The second kappa shape index (κ2) is 7.44. The van der Waals surface area contributed by atoms with Gasteiger partial charge in [-0.3, -0.25) is 4.79 Å². The molecule has 5 nitrogen and oxygen atoms in total. The van der Waals surface area contributed by atoms with E-state index in [0.717, 1.165) is 38.8 Å². The number of para-hydroxylation sites is 3. The average Bonchev–Trinajstić information content (AvgIpc) is 3.45. The van der Waals surface area contributed by atoms with E-state index in [-0.39, 0.29) is 5.56 Å². The molecule has 0 aliphatic rings. The van der Waals surface area contributed by atoms with Gasteiger partial charge in [-0.25, -0.2) is 9.38 Å². The van der Waals surface area contributed by atoms with Crippen LogP contribution in [0.1, 0.15) is 22.4 Å². The summed E-state index contributed by atoms with van der Waals surface area (Å²) < 4.78 is 4.58. The maximum Gasteiger partial charge on any atom is 0.274 e. The molecule has 0 radical (unpaired) electrons. The Bertz CT molecular complexity index is 1850. The Morgan fingerprint density at radius 1 is 1.00 bits per heavy atom. The summed E-state index contributed by atoms with van der Waals surface area (Å²) in [6.45, 7) is 2.66. The third kappa shape index (κ3) is 2.98. The Labute approximate surface area is 193 Å². The number of fused-ring (bicyclic) bond motifs is 4. The van der Waals surface area contributed by atoms with E-state index in [0.29, 0.717) is 21.6 Å². The molecule has 6 heteroatoms. The summed E-state index contributed by atoms with van der Waals surface area (Å²) in [5, 5.41) is 10.6. The van der Waals surface area contributed by atoms with Crippen molar-refractivity contribution in [1.29, 1.82) is 5.26 Å². The zero-order chi connectivity index (χ0) is 22.5. The first kappa shape index (κ1) is 19.5. The molecule has 158 valence electrons. The van der Waals surface area contributed by atoms with Gasteiger partial charge in [0.25, 0.3) is 5.56 Å². The summed E-state index contributed by atoms with van der Waals surface area (Å²) >= 11 is 1.41. The molecule has 3 aromatic carbocycles. The molecule has 0 unspecified atom stereocenters. The van der Waals surface area contributed by atoms with E-state index in [4.69, 9.17) is 0 Å². The Morgan fingerprint density at radius 3 is 2.58 bits per heavy atom. The highest BCUT2D eigenvalue weighted by Gasteiger charge is 2.16. The molecule has 33 heavy (non-hydrogen) atoms. The molecule has 0 saturated heterocycles. The van der Waals surface area contributed by atoms with Crippen LogP contribution in [0.5, 0.6) is 0 Å². The zero-order valence-electron chi connectivity index (χ0n) is 17.8. The zero-order valence-corrected chi connectivity index (χ0v) is 18.6. The topological polar surface area (TPSA) is 63.1 Å². The van der Waals surface area contributed by atoms with E-state index in [2.05, 4.69) is 34.7 Å². The van der Waals surface area contributed by atoms with Crippen molar-refractivity contribution in [2.24, 2.45) is 0 Å². The summed E-state index contributed by atoms with van der Waals surface area (Å²) in [6, 6.07) is 25.9. The second-order valence-electron chi connectivity index (χ2n) is 8.01. The van der Waals surface area contributed by atoms with Crippen LogP contribution in [0, 0.1) is 18.3 Å². The van der Waals surface area contributed by atoms with Gasteiger partial charge in [0, 0.05) is 28.7 Å². The summed E-state index contributed by atoms with van der Waals surface area (Å²) in [5.74, 6) is 0. The Hall–Kier alpha value is -4.21. The Balaban J connectivity index is 1.58. The van der Waals surface area contributed by atoms with E-state index < -0.39 is 0 Å². The lowest BCUT2D eigenvalue weighted by Gasteiger charge is -2.10.